The average Bonchev–Trinajstić information content (AvgIpc) is 2.68. The molecule has 0 aliphatic heterocycles. The molecule has 27 heavy (non-hydrogen) atoms. The van der Waals surface area contributed by atoms with Crippen LogP contribution in [-0.4, -0.2) is 36.9 Å². The SMILES string of the molecule is CCNC(=NCc1ccc(COC(C)C)cc1)NCC(CC)(CC)CCO. The molecule has 0 saturated carbocycles. The molecule has 0 amide bonds. The maximum Gasteiger partial charge on any atom is 0.191 e. The van der Waals surface area contributed by atoms with Gasteiger partial charge in [-0.05, 0) is 56.6 Å². The predicted octanol–water partition coefficient (Wildman–Crippen LogP) is 3.86. The summed E-state index contributed by atoms with van der Waals surface area (Å²) in [5, 5.41) is 16.2. The summed E-state index contributed by atoms with van der Waals surface area (Å²) >= 11 is 0. The fourth-order valence-corrected chi connectivity index (χ4v) is 2.97. The highest BCUT2D eigenvalue weighted by Crippen LogP contribution is 2.29. The van der Waals surface area contributed by atoms with Gasteiger partial charge in [0.1, 0.15) is 0 Å². The number of nitrogens with one attached hydrogen (secondary N) is 2. The van der Waals surface area contributed by atoms with Gasteiger partial charge < -0.3 is 20.5 Å². The molecule has 5 heteroatoms. The Morgan fingerprint density at radius 2 is 1.70 bits per heavy atom. The van der Waals surface area contributed by atoms with Gasteiger partial charge in [-0.2, -0.15) is 0 Å². The Morgan fingerprint density at radius 3 is 2.22 bits per heavy atom. The zero-order valence-corrected chi connectivity index (χ0v) is 17.8. The minimum absolute atomic E-state index is 0.114. The zero-order valence-electron chi connectivity index (χ0n) is 17.8. The lowest BCUT2D eigenvalue weighted by atomic mass is 9.79. The number of hydrogen-bond acceptors (Lipinski definition) is 3. The van der Waals surface area contributed by atoms with Crippen LogP contribution in [0.25, 0.3) is 0 Å². The molecule has 0 fully saturated rings. The fraction of sp³-hybridized carbons (Fsp3) is 0.682. The Bertz CT molecular complexity index is 537. The van der Waals surface area contributed by atoms with E-state index in [1.54, 1.807) is 0 Å². The van der Waals surface area contributed by atoms with Crippen molar-refractivity contribution in [2.45, 2.75) is 73.1 Å². The number of aliphatic imine (C=N–C) groups is 1. The third-order valence-electron chi connectivity index (χ3n) is 5.14. The van der Waals surface area contributed by atoms with Gasteiger partial charge in [0.25, 0.3) is 0 Å². The minimum atomic E-state index is 0.114. The summed E-state index contributed by atoms with van der Waals surface area (Å²) in [6.45, 7) is 13.7. The first-order valence-electron chi connectivity index (χ1n) is 10.3. The molecular formula is C22H39N3O2. The van der Waals surface area contributed by atoms with E-state index >= 15 is 0 Å². The molecule has 154 valence electrons. The smallest absolute Gasteiger partial charge is 0.191 e. The molecule has 1 aromatic rings. The van der Waals surface area contributed by atoms with Crippen molar-refractivity contribution in [2.24, 2.45) is 10.4 Å². The van der Waals surface area contributed by atoms with Crippen LogP contribution < -0.4 is 10.6 Å². The molecular weight excluding hydrogens is 338 g/mol. The highest BCUT2D eigenvalue weighted by Gasteiger charge is 2.25. The summed E-state index contributed by atoms with van der Waals surface area (Å²) in [6.07, 6.45) is 3.13. The second-order valence-electron chi connectivity index (χ2n) is 7.41. The van der Waals surface area contributed by atoms with E-state index in [0.29, 0.717) is 13.2 Å². The molecule has 1 rings (SSSR count). The first kappa shape index (κ1) is 23.4. The molecule has 0 aromatic heterocycles. The number of nitrogens with zero attached hydrogens (tertiary/aromatic N) is 1. The molecule has 0 bridgehead atoms. The van der Waals surface area contributed by atoms with Crippen molar-refractivity contribution in [1.29, 1.82) is 0 Å². The van der Waals surface area contributed by atoms with Gasteiger partial charge in [0.2, 0.25) is 0 Å². The number of benzene rings is 1. The molecule has 3 N–H and O–H groups in total. The number of guanidine groups is 1. The van der Waals surface area contributed by atoms with Gasteiger partial charge in [-0.15, -0.1) is 0 Å². The summed E-state index contributed by atoms with van der Waals surface area (Å²) in [6, 6.07) is 8.43. The standard InChI is InChI=1S/C22H39N3O2/c1-6-22(7-2,13-14-26)17-25-21(23-8-3)24-15-19-9-11-20(12-10-19)16-27-18(4)5/h9-12,18,26H,6-8,13-17H2,1-5H3,(H2,23,24,25). The van der Waals surface area contributed by atoms with Crippen LogP contribution in [0.1, 0.15) is 65.0 Å². The van der Waals surface area contributed by atoms with Gasteiger partial charge in [0.15, 0.2) is 5.96 Å². The Balaban J connectivity index is 2.67. The van der Waals surface area contributed by atoms with Gasteiger partial charge in [-0.3, -0.25) is 0 Å². The minimum Gasteiger partial charge on any atom is -0.396 e. The molecule has 0 aliphatic carbocycles. The second kappa shape index (κ2) is 12.7. The van der Waals surface area contributed by atoms with Crippen molar-refractivity contribution in [1.82, 2.24) is 10.6 Å². The fourth-order valence-electron chi connectivity index (χ4n) is 2.97. The lowest BCUT2D eigenvalue weighted by molar-refractivity contribution is 0.0657. The van der Waals surface area contributed by atoms with Crippen molar-refractivity contribution in [3.05, 3.63) is 35.4 Å². The lowest BCUT2D eigenvalue weighted by Crippen LogP contribution is -2.43. The Labute approximate surface area is 165 Å². The van der Waals surface area contributed by atoms with E-state index < -0.39 is 0 Å². The van der Waals surface area contributed by atoms with Crippen LogP contribution >= 0.6 is 0 Å². The third-order valence-corrected chi connectivity index (χ3v) is 5.14. The number of aliphatic hydroxyl groups excluding tert-OH is 1. The van der Waals surface area contributed by atoms with Gasteiger partial charge in [-0.25, -0.2) is 4.99 Å². The van der Waals surface area contributed by atoms with E-state index in [1.807, 2.05) is 13.8 Å². The molecule has 0 aliphatic rings. The van der Waals surface area contributed by atoms with Gasteiger partial charge in [0, 0.05) is 19.7 Å². The largest absolute Gasteiger partial charge is 0.396 e. The first-order valence-corrected chi connectivity index (χ1v) is 10.3. The number of ether oxygens (including phenoxy) is 1. The van der Waals surface area contributed by atoms with E-state index in [2.05, 4.69) is 55.7 Å². The van der Waals surface area contributed by atoms with E-state index in [-0.39, 0.29) is 18.1 Å². The van der Waals surface area contributed by atoms with E-state index in [0.717, 1.165) is 38.3 Å². The third kappa shape index (κ3) is 8.76. The van der Waals surface area contributed by atoms with Crippen molar-refractivity contribution < 1.29 is 9.84 Å². The Morgan fingerprint density at radius 1 is 1.07 bits per heavy atom. The summed E-state index contributed by atoms with van der Waals surface area (Å²) in [5.74, 6) is 0.828. The second-order valence-corrected chi connectivity index (χ2v) is 7.41. The van der Waals surface area contributed by atoms with Crippen LogP contribution in [0, 0.1) is 5.41 Å². The zero-order chi connectivity index (χ0) is 20.1. The molecule has 0 heterocycles. The highest BCUT2D eigenvalue weighted by atomic mass is 16.5. The van der Waals surface area contributed by atoms with Gasteiger partial charge in [0.05, 0.1) is 19.3 Å². The molecule has 0 saturated heterocycles. The van der Waals surface area contributed by atoms with E-state index in [4.69, 9.17) is 9.73 Å². The maximum atomic E-state index is 9.39. The van der Waals surface area contributed by atoms with Crippen LogP contribution in [0.5, 0.6) is 0 Å². The van der Waals surface area contributed by atoms with E-state index in [9.17, 15) is 5.11 Å². The van der Waals surface area contributed by atoms with Crippen LogP contribution in [0.15, 0.2) is 29.3 Å². The van der Waals surface area contributed by atoms with Crippen LogP contribution in [0.3, 0.4) is 0 Å². The number of aliphatic hydroxyl groups is 1. The van der Waals surface area contributed by atoms with Crippen LogP contribution in [-0.2, 0) is 17.9 Å². The maximum absolute atomic E-state index is 9.39. The molecule has 0 unspecified atom stereocenters. The highest BCUT2D eigenvalue weighted by molar-refractivity contribution is 5.79. The Kier molecular flexibility index (Phi) is 11.1. The summed E-state index contributed by atoms with van der Waals surface area (Å²) < 4.78 is 5.64. The number of rotatable bonds is 12. The summed E-state index contributed by atoms with van der Waals surface area (Å²) in [7, 11) is 0. The van der Waals surface area contributed by atoms with Gasteiger partial charge >= 0.3 is 0 Å². The quantitative estimate of drug-likeness (QED) is 0.382. The molecule has 1 aromatic carbocycles. The molecule has 0 atom stereocenters. The normalized spacial score (nSPS) is 12.5. The van der Waals surface area contributed by atoms with Crippen LogP contribution in [0.4, 0.5) is 0 Å². The lowest BCUT2D eigenvalue weighted by Gasteiger charge is -2.32. The summed E-state index contributed by atoms with van der Waals surface area (Å²) in [4.78, 5) is 4.72. The van der Waals surface area contributed by atoms with Crippen molar-refractivity contribution in [3.63, 3.8) is 0 Å². The van der Waals surface area contributed by atoms with Crippen molar-refractivity contribution in [2.75, 3.05) is 19.7 Å². The average molecular weight is 378 g/mol. The summed E-state index contributed by atoms with van der Waals surface area (Å²) in [5.41, 5.74) is 2.47. The van der Waals surface area contributed by atoms with Gasteiger partial charge in [-0.1, -0.05) is 38.1 Å². The molecule has 0 spiro atoms. The topological polar surface area (TPSA) is 65.9 Å². The van der Waals surface area contributed by atoms with Crippen molar-refractivity contribution in [3.8, 4) is 0 Å². The Hall–Kier alpha value is -1.59. The monoisotopic (exact) mass is 377 g/mol. The van der Waals surface area contributed by atoms with E-state index in [1.165, 1.54) is 11.1 Å². The van der Waals surface area contributed by atoms with Crippen LogP contribution in [0.2, 0.25) is 0 Å². The van der Waals surface area contributed by atoms with Crippen molar-refractivity contribution >= 4 is 5.96 Å². The first-order chi connectivity index (χ1) is 13.0. The predicted molar refractivity (Wildman–Crippen MR) is 114 cm³/mol. The molecule has 5 nitrogen and oxygen atoms in total. The number of hydrogen-bond donors (Lipinski definition) is 3. The molecule has 0 radical (unpaired) electrons.